The van der Waals surface area contributed by atoms with Gasteiger partial charge in [0.1, 0.15) is 0 Å². The number of nitrogens with zero attached hydrogens (tertiary/aromatic N) is 2. The Morgan fingerprint density at radius 3 is 2.68 bits per heavy atom. The third-order valence-electron chi connectivity index (χ3n) is 3.53. The van der Waals surface area contributed by atoms with Crippen molar-refractivity contribution in [2.75, 3.05) is 25.5 Å². The van der Waals surface area contributed by atoms with Gasteiger partial charge in [0.05, 0.1) is 6.54 Å². The molecule has 0 saturated heterocycles. The average molecular weight is 318 g/mol. The number of aryl methyl sites for hydroxylation is 1. The standard InChI is InChI=1S/C17H20ClN3O/c1-13-3-4-15(11-16(13)18)20-12-17(22)21(2)10-7-14-5-8-19-9-6-14/h3-6,8-9,11,20H,7,10,12H2,1-2H3. The number of nitrogens with one attached hydrogen (secondary N) is 1. The van der Waals surface area contributed by atoms with Crippen LogP contribution < -0.4 is 5.32 Å². The monoisotopic (exact) mass is 317 g/mol. The summed E-state index contributed by atoms with van der Waals surface area (Å²) in [4.78, 5) is 17.8. The molecule has 2 aromatic rings. The molecule has 0 fully saturated rings. The molecule has 0 aliphatic carbocycles. The third kappa shape index (κ3) is 4.74. The molecule has 5 heteroatoms. The van der Waals surface area contributed by atoms with Crippen LogP contribution in [0.3, 0.4) is 0 Å². The molecule has 4 nitrogen and oxygen atoms in total. The second kappa shape index (κ2) is 7.80. The number of pyridine rings is 1. The molecule has 0 bridgehead atoms. The zero-order chi connectivity index (χ0) is 15.9. The zero-order valence-electron chi connectivity index (χ0n) is 12.8. The fourth-order valence-electron chi connectivity index (χ4n) is 1.99. The van der Waals surface area contributed by atoms with Crippen molar-refractivity contribution in [2.24, 2.45) is 0 Å². The maximum atomic E-state index is 12.1. The van der Waals surface area contributed by atoms with E-state index in [0.29, 0.717) is 11.6 Å². The predicted molar refractivity (Wildman–Crippen MR) is 90.3 cm³/mol. The number of rotatable bonds is 6. The minimum Gasteiger partial charge on any atom is -0.376 e. The third-order valence-corrected chi connectivity index (χ3v) is 3.93. The van der Waals surface area contributed by atoms with Gasteiger partial charge in [0, 0.05) is 36.7 Å². The van der Waals surface area contributed by atoms with Crippen LogP contribution in [0.4, 0.5) is 5.69 Å². The lowest BCUT2D eigenvalue weighted by Crippen LogP contribution is -2.33. The van der Waals surface area contributed by atoms with Gasteiger partial charge in [-0.3, -0.25) is 9.78 Å². The van der Waals surface area contributed by atoms with E-state index >= 15 is 0 Å². The molecule has 1 amide bonds. The average Bonchev–Trinajstić information content (AvgIpc) is 2.54. The van der Waals surface area contributed by atoms with Crippen molar-refractivity contribution in [3.63, 3.8) is 0 Å². The molecule has 0 aliphatic rings. The number of carbonyl (C=O) groups excluding carboxylic acids is 1. The molecule has 0 atom stereocenters. The number of hydrogen-bond acceptors (Lipinski definition) is 3. The van der Waals surface area contributed by atoms with Crippen LogP contribution in [-0.4, -0.2) is 35.9 Å². The van der Waals surface area contributed by atoms with E-state index in [2.05, 4.69) is 10.3 Å². The highest BCUT2D eigenvalue weighted by Gasteiger charge is 2.08. The van der Waals surface area contributed by atoms with Crippen LogP contribution in [0.5, 0.6) is 0 Å². The summed E-state index contributed by atoms with van der Waals surface area (Å²) in [7, 11) is 1.81. The van der Waals surface area contributed by atoms with Crippen molar-refractivity contribution < 1.29 is 4.79 Å². The number of hydrogen-bond donors (Lipinski definition) is 1. The minimum absolute atomic E-state index is 0.0470. The highest BCUT2D eigenvalue weighted by Crippen LogP contribution is 2.19. The SMILES string of the molecule is Cc1ccc(NCC(=O)N(C)CCc2ccncc2)cc1Cl. The molecule has 0 unspecified atom stereocenters. The fraction of sp³-hybridized carbons (Fsp3) is 0.294. The summed E-state index contributed by atoms with van der Waals surface area (Å²) in [5, 5.41) is 3.80. The van der Waals surface area contributed by atoms with Crippen molar-refractivity contribution in [3.8, 4) is 0 Å². The molecule has 116 valence electrons. The summed E-state index contributed by atoms with van der Waals surface area (Å²) >= 11 is 6.07. The quantitative estimate of drug-likeness (QED) is 0.890. The minimum atomic E-state index is 0.0470. The van der Waals surface area contributed by atoms with E-state index in [1.165, 1.54) is 5.56 Å². The van der Waals surface area contributed by atoms with Crippen LogP contribution in [0.25, 0.3) is 0 Å². The Kier molecular flexibility index (Phi) is 5.78. The van der Waals surface area contributed by atoms with Crippen molar-refractivity contribution in [2.45, 2.75) is 13.3 Å². The van der Waals surface area contributed by atoms with Gasteiger partial charge in [-0.2, -0.15) is 0 Å². The topological polar surface area (TPSA) is 45.2 Å². The van der Waals surface area contributed by atoms with Gasteiger partial charge >= 0.3 is 0 Å². The summed E-state index contributed by atoms with van der Waals surface area (Å²) in [5.41, 5.74) is 3.05. The molecule has 2 rings (SSSR count). The molecule has 22 heavy (non-hydrogen) atoms. The Morgan fingerprint density at radius 2 is 2.00 bits per heavy atom. The lowest BCUT2D eigenvalue weighted by atomic mass is 10.2. The molecule has 1 aromatic carbocycles. The number of amides is 1. The number of likely N-dealkylation sites (N-methyl/N-ethyl adjacent to an activating group) is 1. The Morgan fingerprint density at radius 1 is 1.27 bits per heavy atom. The molecule has 0 aliphatic heterocycles. The van der Waals surface area contributed by atoms with E-state index in [-0.39, 0.29) is 12.5 Å². The largest absolute Gasteiger partial charge is 0.376 e. The molecular formula is C17H20ClN3O. The van der Waals surface area contributed by atoms with Crippen LogP contribution >= 0.6 is 11.6 Å². The Labute approximate surface area is 136 Å². The summed E-state index contributed by atoms with van der Waals surface area (Å²) in [5.74, 6) is 0.0470. The summed E-state index contributed by atoms with van der Waals surface area (Å²) in [6, 6.07) is 9.62. The number of anilines is 1. The zero-order valence-corrected chi connectivity index (χ0v) is 13.6. The van der Waals surface area contributed by atoms with Gasteiger partial charge < -0.3 is 10.2 Å². The normalized spacial score (nSPS) is 10.3. The Hall–Kier alpha value is -2.07. The highest BCUT2D eigenvalue weighted by atomic mass is 35.5. The van der Waals surface area contributed by atoms with Crippen LogP contribution in [0.1, 0.15) is 11.1 Å². The van der Waals surface area contributed by atoms with Crippen LogP contribution in [0.2, 0.25) is 5.02 Å². The van der Waals surface area contributed by atoms with Gasteiger partial charge in [-0.1, -0.05) is 17.7 Å². The van der Waals surface area contributed by atoms with Crippen LogP contribution in [0, 0.1) is 6.92 Å². The van der Waals surface area contributed by atoms with Crippen LogP contribution in [-0.2, 0) is 11.2 Å². The van der Waals surface area contributed by atoms with Gasteiger partial charge in [0.25, 0.3) is 0 Å². The van der Waals surface area contributed by atoms with Gasteiger partial charge in [0.15, 0.2) is 0 Å². The van der Waals surface area contributed by atoms with Gasteiger partial charge in [-0.15, -0.1) is 0 Å². The molecule has 1 N–H and O–H groups in total. The van der Waals surface area contributed by atoms with Gasteiger partial charge in [-0.05, 0) is 48.7 Å². The van der Waals surface area contributed by atoms with Gasteiger partial charge in [-0.25, -0.2) is 0 Å². The number of aromatic nitrogens is 1. The van der Waals surface area contributed by atoms with Crippen molar-refractivity contribution in [3.05, 3.63) is 58.9 Å². The molecule has 1 heterocycles. The van der Waals surface area contributed by atoms with E-state index in [0.717, 1.165) is 17.7 Å². The predicted octanol–water partition coefficient (Wildman–Crippen LogP) is 3.16. The summed E-state index contributed by atoms with van der Waals surface area (Å²) in [6.07, 6.45) is 4.35. The number of halogens is 1. The first-order chi connectivity index (χ1) is 10.6. The lowest BCUT2D eigenvalue weighted by molar-refractivity contribution is -0.127. The van der Waals surface area contributed by atoms with Crippen LogP contribution in [0.15, 0.2) is 42.7 Å². The Balaban J connectivity index is 1.79. The maximum Gasteiger partial charge on any atom is 0.241 e. The van der Waals surface area contributed by atoms with E-state index in [9.17, 15) is 4.79 Å². The molecule has 0 saturated carbocycles. The second-order valence-electron chi connectivity index (χ2n) is 5.24. The molecular weight excluding hydrogens is 298 g/mol. The smallest absolute Gasteiger partial charge is 0.241 e. The van der Waals surface area contributed by atoms with Crippen molar-refractivity contribution in [1.29, 1.82) is 0 Å². The van der Waals surface area contributed by atoms with Gasteiger partial charge in [0.2, 0.25) is 5.91 Å². The summed E-state index contributed by atoms with van der Waals surface area (Å²) in [6.45, 7) is 2.88. The van der Waals surface area contributed by atoms with E-state index in [1.807, 2.05) is 44.3 Å². The van der Waals surface area contributed by atoms with E-state index in [4.69, 9.17) is 11.6 Å². The molecule has 0 radical (unpaired) electrons. The second-order valence-corrected chi connectivity index (χ2v) is 5.65. The Bertz CT molecular complexity index is 631. The van der Waals surface area contributed by atoms with Crippen molar-refractivity contribution in [1.82, 2.24) is 9.88 Å². The first kappa shape index (κ1) is 16.3. The lowest BCUT2D eigenvalue weighted by Gasteiger charge is -2.18. The molecule has 0 spiro atoms. The highest BCUT2D eigenvalue weighted by molar-refractivity contribution is 6.31. The number of benzene rings is 1. The molecule has 1 aromatic heterocycles. The first-order valence-corrected chi connectivity index (χ1v) is 7.57. The maximum absolute atomic E-state index is 12.1. The number of carbonyl (C=O) groups is 1. The first-order valence-electron chi connectivity index (χ1n) is 7.19. The van der Waals surface area contributed by atoms with E-state index < -0.39 is 0 Å². The van der Waals surface area contributed by atoms with Crippen molar-refractivity contribution >= 4 is 23.2 Å². The van der Waals surface area contributed by atoms with E-state index in [1.54, 1.807) is 17.3 Å². The fourth-order valence-corrected chi connectivity index (χ4v) is 2.17. The summed E-state index contributed by atoms with van der Waals surface area (Å²) < 4.78 is 0.